The second kappa shape index (κ2) is 7.53. The summed E-state index contributed by atoms with van der Waals surface area (Å²) in [6.07, 6.45) is 6.97. The van der Waals surface area contributed by atoms with Gasteiger partial charge in [0.05, 0.1) is 0 Å². The second-order valence-corrected chi connectivity index (χ2v) is 6.18. The molecule has 1 rings (SSSR count). The Labute approximate surface area is 98.7 Å². The average molecular weight is 230 g/mol. The first-order valence-electron chi connectivity index (χ1n) is 6.28. The zero-order valence-electron chi connectivity index (χ0n) is 10.2. The molecule has 1 saturated carbocycles. The van der Waals surface area contributed by atoms with Crippen molar-refractivity contribution in [2.45, 2.75) is 52.0 Å². The highest BCUT2D eigenvalue weighted by Gasteiger charge is 2.22. The van der Waals surface area contributed by atoms with E-state index in [1.165, 1.54) is 43.6 Å². The molecule has 1 atom stereocenters. The standard InChI is InChI=1S/C12H26N2S/c1-10(2)8-15-9-12(14-13)11-6-4-3-5-7-11/h10-12,14H,3-9,13H2,1-2H3. The number of hydrogen-bond donors (Lipinski definition) is 2. The highest BCUT2D eigenvalue weighted by Crippen LogP contribution is 2.27. The maximum Gasteiger partial charge on any atom is 0.0329 e. The van der Waals surface area contributed by atoms with Gasteiger partial charge in [-0.25, -0.2) is 0 Å². The number of thioether (sulfide) groups is 1. The smallest absolute Gasteiger partial charge is 0.0329 e. The topological polar surface area (TPSA) is 38.0 Å². The van der Waals surface area contributed by atoms with Crippen LogP contribution < -0.4 is 11.3 Å². The van der Waals surface area contributed by atoms with Crippen molar-refractivity contribution in [1.82, 2.24) is 5.43 Å². The fourth-order valence-electron chi connectivity index (χ4n) is 2.29. The van der Waals surface area contributed by atoms with Crippen LogP contribution in [0.4, 0.5) is 0 Å². The maximum atomic E-state index is 5.66. The third kappa shape index (κ3) is 5.23. The summed E-state index contributed by atoms with van der Waals surface area (Å²) in [5.74, 6) is 9.71. The molecule has 0 spiro atoms. The number of nitrogens with one attached hydrogen (secondary N) is 1. The molecule has 3 heteroatoms. The molecule has 3 N–H and O–H groups in total. The quantitative estimate of drug-likeness (QED) is 0.544. The molecule has 15 heavy (non-hydrogen) atoms. The van der Waals surface area contributed by atoms with Gasteiger partial charge in [0.1, 0.15) is 0 Å². The third-order valence-electron chi connectivity index (χ3n) is 3.18. The molecule has 0 heterocycles. The molecule has 90 valence electrons. The molecule has 2 nitrogen and oxygen atoms in total. The van der Waals surface area contributed by atoms with Crippen LogP contribution in [-0.2, 0) is 0 Å². The molecule has 0 aromatic heterocycles. The summed E-state index contributed by atoms with van der Waals surface area (Å²) >= 11 is 2.05. The summed E-state index contributed by atoms with van der Waals surface area (Å²) in [6, 6.07) is 0.536. The first kappa shape index (κ1) is 13.3. The molecule has 0 bridgehead atoms. The molecule has 0 saturated heterocycles. The van der Waals surface area contributed by atoms with E-state index in [0.717, 1.165) is 11.8 Å². The van der Waals surface area contributed by atoms with Gasteiger partial charge in [0.15, 0.2) is 0 Å². The van der Waals surface area contributed by atoms with Crippen LogP contribution in [0.15, 0.2) is 0 Å². The van der Waals surface area contributed by atoms with Crippen molar-refractivity contribution in [3.05, 3.63) is 0 Å². The Morgan fingerprint density at radius 1 is 1.20 bits per heavy atom. The van der Waals surface area contributed by atoms with Crippen LogP contribution in [0.3, 0.4) is 0 Å². The zero-order valence-corrected chi connectivity index (χ0v) is 11.0. The predicted molar refractivity (Wildman–Crippen MR) is 69.8 cm³/mol. The third-order valence-corrected chi connectivity index (χ3v) is 4.68. The Morgan fingerprint density at radius 2 is 1.87 bits per heavy atom. The van der Waals surface area contributed by atoms with Crippen molar-refractivity contribution in [2.75, 3.05) is 11.5 Å². The van der Waals surface area contributed by atoms with Crippen molar-refractivity contribution in [1.29, 1.82) is 0 Å². The van der Waals surface area contributed by atoms with E-state index < -0.39 is 0 Å². The van der Waals surface area contributed by atoms with Gasteiger partial charge in [0.25, 0.3) is 0 Å². The lowest BCUT2D eigenvalue weighted by atomic mass is 9.85. The lowest BCUT2D eigenvalue weighted by molar-refractivity contribution is 0.287. The van der Waals surface area contributed by atoms with Crippen molar-refractivity contribution in [2.24, 2.45) is 17.7 Å². The van der Waals surface area contributed by atoms with Crippen LogP contribution in [0.5, 0.6) is 0 Å². The monoisotopic (exact) mass is 230 g/mol. The van der Waals surface area contributed by atoms with Crippen LogP contribution in [0, 0.1) is 11.8 Å². The van der Waals surface area contributed by atoms with Crippen molar-refractivity contribution in [3.8, 4) is 0 Å². The fourth-order valence-corrected chi connectivity index (χ4v) is 3.52. The van der Waals surface area contributed by atoms with Gasteiger partial charge in [0.2, 0.25) is 0 Å². The Kier molecular flexibility index (Phi) is 6.69. The lowest BCUT2D eigenvalue weighted by Gasteiger charge is -2.29. The van der Waals surface area contributed by atoms with Crippen LogP contribution in [-0.4, -0.2) is 17.5 Å². The van der Waals surface area contributed by atoms with Gasteiger partial charge in [-0.05, 0) is 30.4 Å². The van der Waals surface area contributed by atoms with Gasteiger partial charge in [-0.3, -0.25) is 11.3 Å². The molecule has 0 radical (unpaired) electrons. The van der Waals surface area contributed by atoms with Crippen molar-refractivity contribution in [3.63, 3.8) is 0 Å². The molecule has 1 aliphatic carbocycles. The van der Waals surface area contributed by atoms with E-state index in [4.69, 9.17) is 5.84 Å². The SMILES string of the molecule is CC(C)CSCC(NN)C1CCCCC1. The Hall–Kier alpha value is 0.270. The fraction of sp³-hybridized carbons (Fsp3) is 1.00. The first-order chi connectivity index (χ1) is 7.24. The van der Waals surface area contributed by atoms with Gasteiger partial charge in [-0.1, -0.05) is 33.1 Å². The molecule has 1 fully saturated rings. The van der Waals surface area contributed by atoms with E-state index in [0.29, 0.717) is 6.04 Å². The van der Waals surface area contributed by atoms with Crippen LogP contribution in [0.2, 0.25) is 0 Å². The van der Waals surface area contributed by atoms with E-state index in [1.807, 2.05) is 11.8 Å². The molecule has 0 aromatic carbocycles. The molecular formula is C12H26N2S. The summed E-state index contributed by atoms with van der Waals surface area (Å²) in [6.45, 7) is 4.55. The average Bonchev–Trinajstić information content (AvgIpc) is 2.25. The molecular weight excluding hydrogens is 204 g/mol. The van der Waals surface area contributed by atoms with E-state index in [9.17, 15) is 0 Å². The Balaban J connectivity index is 2.21. The van der Waals surface area contributed by atoms with Gasteiger partial charge in [-0.15, -0.1) is 0 Å². The normalized spacial score (nSPS) is 20.8. The Bertz CT molecular complexity index is 156. The van der Waals surface area contributed by atoms with Crippen LogP contribution in [0.25, 0.3) is 0 Å². The number of hydrazine groups is 1. The van der Waals surface area contributed by atoms with E-state index in [1.54, 1.807) is 0 Å². The summed E-state index contributed by atoms with van der Waals surface area (Å²) in [5.41, 5.74) is 3.02. The van der Waals surface area contributed by atoms with Crippen molar-refractivity contribution < 1.29 is 0 Å². The lowest BCUT2D eigenvalue weighted by Crippen LogP contribution is -2.43. The summed E-state index contributed by atoms with van der Waals surface area (Å²) in [4.78, 5) is 0. The molecule has 0 aliphatic heterocycles. The highest BCUT2D eigenvalue weighted by atomic mass is 32.2. The van der Waals surface area contributed by atoms with E-state index in [-0.39, 0.29) is 0 Å². The number of nitrogens with two attached hydrogens (primary N) is 1. The largest absolute Gasteiger partial charge is 0.271 e. The first-order valence-corrected chi connectivity index (χ1v) is 7.43. The molecule has 1 unspecified atom stereocenters. The van der Waals surface area contributed by atoms with Gasteiger partial charge in [-0.2, -0.15) is 11.8 Å². The minimum Gasteiger partial charge on any atom is -0.271 e. The Morgan fingerprint density at radius 3 is 2.40 bits per heavy atom. The van der Waals surface area contributed by atoms with Gasteiger partial charge in [0, 0.05) is 11.8 Å². The number of hydrogen-bond acceptors (Lipinski definition) is 3. The minimum absolute atomic E-state index is 0.536. The highest BCUT2D eigenvalue weighted by molar-refractivity contribution is 7.99. The summed E-state index contributed by atoms with van der Waals surface area (Å²) in [7, 11) is 0. The minimum atomic E-state index is 0.536. The van der Waals surface area contributed by atoms with Crippen molar-refractivity contribution >= 4 is 11.8 Å². The second-order valence-electron chi connectivity index (χ2n) is 5.10. The van der Waals surface area contributed by atoms with Gasteiger partial charge < -0.3 is 0 Å². The molecule has 1 aliphatic rings. The predicted octanol–water partition coefficient (Wildman–Crippen LogP) is 2.79. The number of rotatable bonds is 6. The van der Waals surface area contributed by atoms with Crippen LogP contribution in [0.1, 0.15) is 46.0 Å². The maximum absolute atomic E-state index is 5.66. The summed E-state index contributed by atoms with van der Waals surface area (Å²) in [5, 5.41) is 0. The van der Waals surface area contributed by atoms with E-state index >= 15 is 0 Å². The van der Waals surface area contributed by atoms with Gasteiger partial charge >= 0.3 is 0 Å². The molecule has 0 amide bonds. The summed E-state index contributed by atoms with van der Waals surface area (Å²) < 4.78 is 0. The zero-order chi connectivity index (χ0) is 11.1. The van der Waals surface area contributed by atoms with E-state index in [2.05, 4.69) is 19.3 Å². The van der Waals surface area contributed by atoms with Crippen LogP contribution >= 0.6 is 11.8 Å². The molecule has 0 aromatic rings.